The van der Waals surface area contributed by atoms with Crippen molar-refractivity contribution in [3.8, 4) is 174 Å². The lowest BCUT2D eigenvalue weighted by molar-refractivity contribution is 0.141. The van der Waals surface area contributed by atoms with Crippen LogP contribution in [0, 0.1) is 5.92 Å². The number of nitrogens with zero attached hydrogens (tertiary/aromatic N) is 6. The molecule has 6 aromatic heterocycles. The molecular weight excluding hydrogens is 1490 g/mol. The summed E-state index contributed by atoms with van der Waals surface area (Å²) in [5.74, 6) is 1.09. The summed E-state index contributed by atoms with van der Waals surface area (Å²) in [5, 5.41) is 0. The highest BCUT2D eigenvalue weighted by atomic mass is 16.5. The van der Waals surface area contributed by atoms with E-state index in [0.29, 0.717) is 0 Å². The summed E-state index contributed by atoms with van der Waals surface area (Å²) in [6.07, 6.45) is 16.3. The molecule has 0 bridgehead atoms. The van der Waals surface area contributed by atoms with E-state index in [4.69, 9.17) is 24.7 Å². The van der Waals surface area contributed by atoms with Crippen LogP contribution in [-0.4, -0.2) is 36.0 Å². The van der Waals surface area contributed by atoms with Gasteiger partial charge in [-0.1, -0.05) is 346 Å². The first-order valence-corrected chi connectivity index (χ1v) is 42.1. The van der Waals surface area contributed by atoms with Crippen molar-refractivity contribution in [2.24, 2.45) is 5.92 Å². The number of hydrogen-bond donors (Lipinski definition) is 0. The summed E-state index contributed by atoms with van der Waals surface area (Å²) < 4.78 is 6.88. The van der Waals surface area contributed by atoms with Gasteiger partial charge in [0.05, 0.1) is 56.4 Å². The van der Waals surface area contributed by atoms with E-state index < -0.39 is 0 Å². The number of hydrogen-bond acceptors (Lipinski definition) is 7. The van der Waals surface area contributed by atoms with E-state index in [-0.39, 0.29) is 22.9 Å². The van der Waals surface area contributed by atoms with Crippen LogP contribution in [0.2, 0.25) is 0 Å². The van der Waals surface area contributed by atoms with Gasteiger partial charge in [0.15, 0.2) is 0 Å². The van der Waals surface area contributed by atoms with Crippen LogP contribution in [0.25, 0.3) is 168 Å². The van der Waals surface area contributed by atoms with Gasteiger partial charge in [0.2, 0.25) is 0 Å². The molecule has 576 valence electrons. The van der Waals surface area contributed by atoms with Crippen LogP contribution in [-0.2, 0) is 10.8 Å². The maximum absolute atomic E-state index is 6.88. The molecule has 1 aliphatic heterocycles. The highest BCUT2D eigenvalue weighted by Crippen LogP contribution is 2.65. The van der Waals surface area contributed by atoms with Gasteiger partial charge < -0.3 is 4.74 Å². The molecule has 0 amide bonds. The van der Waals surface area contributed by atoms with E-state index >= 15 is 0 Å². The van der Waals surface area contributed by atoms with Gasteiger partial charge >= 0.3 is 0 Å². The molecule has 5 aliphatic rings. The second-order valence-corrected chi connectivity index (χ2v) is 32.2. The topological polar surface area (TPSA) is 86.6 Å². The Morgan fingerprint density at radius 2 is 0.512 bits per heavy atom. The van der Waals surface area contributed by atoms with Gasteiger partial charge in [0.25, 0.3) is 0 Å². The number of benzene rings is 13. The molecule has 7 heteroatoms. The third kappa shape index (κ3) is 12.4. The van der Waals surface area contributed by atoms with Crippen molar-refractivity contribution in [2.45, 2.75) is 16.9 Å². The number of aromatic nitrogens is 6. The quantitative estimate of drug-likeness (QED) is 0.120. The van der Waals surface area contributed by atoms with Gasteiger partial charge in [-0.15, -0.1) is 0 Å². The van der Waals surface area contributed by atoms with E-state index in [2.05, 4.69) is 386 Å². The molecular formula is C116H76N6O. The summed E-state index contributed by atoms with van der Waals surface area (Å²) in [7, 11) is 0. The molecule has 4 aliphatic carbocycles. The zero-order valence-corrected chi connectivity index (χ0v) is 67.0. The van der Waals surface area contributed by atoms with Crippen molar-refractivity contribution in [3.05, 3.63) is 488 Å². The predicted octanol–water partition coefficient (Wildman–Crippen LogP) is 27.9. The number of rotatable bonds is 12. The summed E-state index contributed by atoms with van der Waals surface area (Å²) in [6, 6.07) is 143. The van der Waals surface area contributed by atoms with E-state index in [1.165, 1.54) is 94.6 Å². The van der Waals surface area contributed by atoms with Crippen molar-refractivity contribution in [1.29, 1.82) is 0 Å². The highest BCUT2D eigenvalue weighted by Gasteiger charge is 2.56. The fourth-order valence-electron chi connectivity index (χ4n) is 19.8. The minimum atomic E-state index is -0.338. The van der Waals surface area contributed by atoms with Gasteiger partial charge in [-0.05, 0) is 224 Å². The van der Waals surface area contributed by atoms with Gasteiger partial charge in [-0.2, -0.15) is 0 Å². The molecule has 7 nitrogen and oxygen atoms in total. The summed E-state index contributed by atoms with van der Waals surface area (Å²) >= 11 is 0. The Kier molecular flexibility index (Phi) is 17.7. The maximum atomic E-state index is 6.88. The fourth-order valence-corrected chi connectivity index (χ4v) is 19.8. The monoisotopic (exact) mass is 1570 g/mol. The molecule has 24 rings (SSSR count). The molecule has 19 aromatic rings. The summed E-state index contributed by atoms with van der Waals surface area (Å²) in [6.45, 7) is 0. The van der Waals surface area contributed by atoms with E-state index in [0.717, 1.165) is 118 Å². The summed E-state index contributed by atoms with van der Waals surface area (Å²) in [4.78, 5) is 29.0. The van der Waals surface area contributed by atoms with Crippen molar-refractivity contribution < 1.29 is 4.74 Å². The van der Waals surface area contributed by atoms with Crippen molar-refractivity contribution in [2.75, 3.05) is 0 Å². The number of allylic oxidation sites excluding steroid dienone is 2. The molecule has 2 atom stereocenters. The molecule has 0 radical (unpaired) electrons. The molecule has 123 heavy (non-hydrogen) atoms. The minimum absolute atomic E-state index is 0.0686. The lowest BCUT2D eigenvalue weighted by Crippen LogP contribution is -2.47. The van der Waals surface area contributed by atoms with Crippen molar-refractivity contribution >= 4 is 0 Å². The van der Waals surface area contributed by atoms with E-state index in [1.54, 1.807) is 12.4 Å². The average Bonchev–Trinajstić information content (AvgIpc) is 1.53. The molecule has 0 fully saturated rings. The first-order valence-electron chi connectivity index (χ1n) is 42.1. The van der Waals surface area contributed by atoms with E-state index in [9.17, 15) is 0 Å². The second-order valence-electron chi connectivity index (χ2n) is 32.2. The SMILES string of the molecule is C1=CC2Oc3cc(-c4ccc(-c5ccc(-c6ccc(-c7cc(-c8ccccc8)cc(-c8ccccn8)n7)nc6)cc5)cc4)ccc3C3(c4ccccc4-c4ccccc43)C2C=C1.c1ccc(-c2cc(-c3ccccn3)nc(-c3ccc(-c4ccc(-c5ccc(-c6ccc7c(c6)-c6ccccc6C76c7ccccc7-c7ccccc76)cc5)cc4)cn3)c2)cc1. The third-order valence-electron chi connectivity index (χ3n) is 25.6. The predicted molar refractivity (Wildman–Crippen MR) is 499 cm³/mol. The Bertz CT molecular complexity index is 7130. The second kappa shape index (κ2) is 30.1. The first kappa shape index (κ1) is 72.3. The lowest BCUT2D eigenvalue weighted by Gasteiger charge is -2.47. The van der Waals surface area contributed by atoms with Crippen LogP contribution in [0.3, 0.4) is 0 Å². The minimum Gasteiger partial charge on any atom is -0.485 e. The molecule has 7 heterocycles. The van der Waals surface area contributed by atoms with Crippen molar-refractivity contribution in [1.82, 2.24) is 29.9 Å². The molecule has 0 saturated carbocycles. The number of ether oxygens (including phenoxy) is 1. The number of pyridine rings is 6. The van der Waals surface area contributed by atoms with Crippen LogP contribution in [0.5, 0.6) is 5.75 Å². The molecule has 13 aromatic carbocycles. The standard InChI is InChI=1S/C58H39N3O.C58H37N3/c1-2-12-38(13-3-1)45-34-54(52-19-10-11-33-59-52)61-55(35-45)53-32-30-44(37-60-53)42-27-23-40(24-28-42)39-21-25-41(26-22-39)43-29-31-51-57(36-43)62-56-20-9-8-18-50(56)58(51)48-16-6-4-14-46(48)47-15-5-7-17-49(47)58;1-2-12-38(13-3-1)45-35-56(54-20-10-11-33-59-54)61-57(36-45)55-32-30-44(37-60-55)42-27-23-40(24-28-42)39-21-25-41(26-22-39)43-29-31-53-49(34-43)48-16-6-9-19-52(48)58(53)50-17-7-4-14-46(50)47-15-5-8-18-51(47)58/h1-37,50,56H;1-37H. The Balaban J connectivity index is 0.000000142. The number of fused-ring (bicyclic) bond motifs is 19. The molecule has 0 saturated heterocycles. The summed E-state index contributed by atoms with van der Waals surface area (Å²) in [5.41, 5.74) is 41.3. The van der Waals surface area contributed by atoms with Crippen LogP contribution < -0.4 is 4.74 Å². The van der Waals surface area contributed by atoms with Crippen LogP contribution in [0.4, 0.5) is 0 Å². The van der Waals surface area contributed by atoms with Crippen LogP contribution in [0.15, 0.2) is 449 Å². The zero-order chi connectivity index (χ0) is 81.4. The average molecular weight is 1570 g/mol. The largest absolute Gasteiger partial charge is 0.485 e. The van der Waals surface area contributed by atoms with Gasteiger partial charge in [0.1, 0.15) is 11.9 Å². The molecule has 2 spiro atoms. The highest BCUT2D eigenvalue weighted by molar-refractivity contribution is 5.97. The van der Waals surface area contributed by atoms with Crippen LogP contribution in [0.1, 0.15) is 38.9 Å². The van der Waals surface area contributed by atoms with Gasteiger partial charge in [-0.3, -0.25) is 19.9 Å². The molecule has 0 N–H and O–H groups in total. The zero-order valence-electron chi connectivity index (χ0n) is 67.0. The van der Waals surface area contributed by atoms with Gasteiger partial charge in [-0.25, -0.2) is 9.97 Å². The third-order valence-corrected chi connectivity index (χ3v) is 25.6. The van der Waals surface area contributed by atoms with Crippen LogP contribution >= 0.6 is 0 Å². The Hall–Kier alpha value is -16.0. The maximum Gasteiger partial charge on any atom is 0.125 e. The smallest absolute Gasteiger partial charge is 0.125 e. The Morgan fingerprint density at radius 3 is 0.919 bits per heavy atom. The first-order chi connectivity index (χ1) is 60.9. The van der Waals surface area contributed by atoms with Gasteiger partial charge in [0, 0.05) is 47.4 Å². The Morgan fingerprint density at radius 1 is 0.203 bits per heavy atom. The fraction of sp³-hybridized carbons (Fsp3) is 0.0345. The normalized spacial score (nSPS) is 14.5. The van der Waals surface area contributed by atoms with E-state index in [1.807, 2.05) is 60.9 Å². The lowest BCUT2D eigenvalue weighted by atomic mass is 9.60. The molecule has 2 unspecified atom stereocenters. The van der Waals surface area contributed by atoms with Crippen molar-refractivity contribution in [3.63, 3.8) is 0 Å². The Labute approximate surface area is 714 Å².